The van der Waals surface area contributed by atoms with Gasteiger partial charge in [-0.05, 0) is 18.6 Å². The van der Waals surface area contributed by atoms with Gasteiger partial charge in [0.1, 0.15) is 11.6 Å². The number of nitrogens with one attached hydrogen (secondary N) is 1. The van der Waals surface area contributed by atoms with Crippen molar-refractivity contribution in [2.75, 3.05) is 11.2 Å². The average molecular weight is 285 g/mol. The van der Waals surface area contributed by atoms with Gasteiger partial charge in [-0.1, -0.05) is 17.7 Å². The van der Waals surface area contributed by atoms with Gasteiger partial charge in [-0.25, -0.2) is 9.37 Å². The predicted molar refractivity (Wildman–Crippen MR) is 73.9 cm³/mol. The quantitative estimate of drug-likeness (QED) is 0.671. The number of aromatic nitrogens is 1. The molecule has 0 aliphatic heterocycles. The number of halogens is 2. The minimum atomic E-state index is -0.421. The van der Waals surface area contributed by atoms with Crippen molar-refractivity contribution >= 4 is 40.1 Å². The Bertz CT molecular complexity index is 597. The van der Waals surface area contributed by atoms with Crippen molar-refractivity contribution in [2.24, 2.45) is 5.10 Å². The van der Waals surface area contributed by atoms with Crippen LogP contribution in [0.5, 0.6) is 0 Å². The van der Waals surface area contributed by atoms with E-state index in [4.69, 9.17) is 17.3 Å². The van der Waals surface area contributed by atoms with Crippen LogP contribution in [0.2, 0.25) is 5.02 Å². The van der Waals surface area contributed by atoms with Crippen LogP contribution in [0.1, 0.15) is 11.1 Å². The zero-order valence-corrected chi connectivity index (χ0v) is 11.0. The van der Waals surface area contributed by atoms with Crippen molar-refractivity contribution in [3.63, 3.8) is 0 Å². The van der Waals surface area contributed by atoms with Gasteiger partial charge in [0.2, 0.25) is 5.13 Å². The summed E-state index contributed by atoms with van der Waals surface area (Å²) in [7, 11) is 0. The minimum Gasteiger partial charge on any atom is -0.383 e. The highest BCUT2D eigenvalue weighted by atomic mass is 35.5. The molecule has 0 amide bonds. The fourth-order valence-electron chi connectivity index (χ4n) is 1.29. The maximum absolute atomic E-state index is 13.5. The summed E-state index contributed by atoms with van der Waals surface area (Å²) in [5, 5.41) is 6.44. The van der Waals surface area contributed by atoms with E-state index in [0.717, 1.165) is 5.56 Å². The fourth-order valence-corrected chi connectivity index (χ4v) is 2.04. The normalized spacial score (nSPS) is 11.1. The minimum absolute atomic E-state index is 0.244. The molecule has 18 heavy (non-hydrogen) atoms. The molecule has 0 saturated heterocycles. The summed E-state index contributed by atoms with van der Waals surface area (Å²) in [6, 6.07) is 2.97. The first-order chi connectivity index (χ1) is 8.58. The monoisotopic (exact) mass is 284 g/mol. The molecule has 7 heteroatoms. The Morgan fingerprint density at radius 2 is 2.33 bits per heavy atom. The lowest BCUT2D eigenvalue weighted by Gasteiger charge is -2.03. The maximum Gasteiger partial charge on any atom is 0.205 e. The lowest BCUT2D eigenvalue weighted by molar-refractivity contribution is 0.625. The Hall–Kier alpha value is -1.66. The molecule has 4 nitrogen and oxygen atoms in total. The standard InChI is InChI=1S/C11H10ClFN4S/c1-6-2-3-8(13)7(10(6)12)4-15-17-11-16-9(14)5-18-11/h2-5H,14H2,1H3,(H,16,17). The highest BCUT2D eigenvalue weighted by molar-refractivity contribution is 7.14. The molecule has 0 fully saturated rings. The second kappa shape index (κ2) is 5.32. The van der Waals surface area contributed by atoms with Crippen LogP contribution in [-0.4, -0.2) is 11.2 Å². The van der Waals surface area contributed by atoms with Gasteiger partial charge in [-0.15, -0.1) is 11.3 Å². The summed E-state index contributed by atoms with van der Waals surface area (Å²) in [5.41, 5.74) is 9.15. The predicted octanol–water partition coefficient (Wildman–Crippen LogP) is 3.27. The van der Waals surface area contributed by atoms with Crippen LogP contribution in [0, 0.1) is 12.7 Å². The Morgan fingerprint density at radius 3 is 3.00 bits per heavy atom. The van der Waals surface area contributed by atoms with Gasteiger partial charge in [-0.3, -0.25) is 5.43 Å². The first kappa shape index (κ1) is 12.8. The van der Waals surface area contributed by atoms with E-state index < -0.39 is 5.82 Å². The molecule has 1 heterocycles. The number of hydrogen-bond donors (Lipinski definition) is 2. The van der Waals surface area contributed by atoms with Crippen molar-refractivity contribution in [1.29, 1.82) is 0 Å². The molecule has 0 saturated carbocycles. The number of hydrazone groups is 1. The molecule has 0 atom stereocenters. The van der Waals surface area contributed by atoms with Gasteiger partial charge in [0, 0.05) is 10.9 Å². The molecule has 0 radical (unpaired) electrons. The van der Waals surface area contributed by atoms with E-state index in [-0.39, 0.29) is 5.56 Å². The summed E-state index contributed by atoms with van der Waals surface area (Å²) in [5.74, 6) is -0.00716. The van der Waals surface area contributed by atoms with Gasteiger partial charge in [-0.2, -0.15) is 5.10 Å². The van der Waals surface area contributed by atoms with Gasteiger partial charge in [0.25, 0.3) is 0 Å². The van der Waals surface area contributed by atoms with Crippen LogP contribution in [-0.2, 0) is 0 Å². The number of nitrogen functional groups attached to an aromatic ring is 1. The summed E-state index contributed by atoms with van der Waals surface area (Å²) in [6.07, 6.45) is 1.32. The number of rotatable bonds is 3. The Labute approximate surface area is 112 Å². The number of benzene rings is 1. The number of anilines is 2. The first-order valence-electron chi connectivity index (χ1n) is 5.02. The molecular weight excluding hydrogens is 275 g/mol. The Balaban J connectivity index is 2.16. The third-order valence-electron chi connectivity index (χ3n) is 2.20. The van der Waals surface area contributed by atoms with Crippen LogP contribution >= 0.6 is 22.9 Å². The van der Waals surface area contributed by atoms with Crippen molar-refractivity contribution in [2.45, 2.75) is 6.92 Å². The highest BCUT2D eigenvalue weighted by Gasteiger charge is 2.07. The molecule has 0 aliphatic carbocycles. The van der Waals surface area contributed by atoms with Crippen LogP contribution in [0.15, 0.2) is 22.6 Å². The summed E-state index contributed by atoms with van der Waals surface area (Å²) < 4.78 is 13.5. The number of nitrogens with two attached hydrogens (primary N) is 1. The molecule has 94 valence electrons. The van der Waals surface area contributed by atoms with Crippen LogP contribution in [0.25, 0.3) is 0 Å². The van der Waals surface area contributed by atoms with E-state index >= 15 is 0 Å². The van der Waals surface area contributed by atoms with E-state index in [1.54, 1.807) is 18.4 Å². The second-order valence-electron chi connectivity index (χ2n) is 3.54. The zero-order valence-electron chi connectivity index (χ0n) is 9.45. The molecule has 1 aromatic carbocycles. The molecule has 1 aromatic heterocycles. The fraction of sp³-hybridized carbons (Fsp3) is 0.0909. The molecule has 2 rings (SSSR count). The SMILES string of the molecule is Cc1ccc(F)c(C=NNc2nc(N)cs2)c1Cl. The van der Waals surface area contributed by atoms with Crippen molar-refractivity contribution < 1.29 is 4.39 Å². The maximum atomic E-state index is 13.5. The number of thiazole rings is 1. The van der Waals surface area contributed by atoms with E-state index in [2.05, 4.69) is 15.5 Å². The highest BCUT2D eigenvalue weighted by Crippen LogP contribution is 2.22. The van der Waals surface area contributed by atoms with Crippen LogP contribution < -0.4 is 11.2 Å². The van der Waals surface area contributed by atoms with Gasteiger partial charge in [0.15, 0.2) is 0 Å². The van der Waals surface area contributed by atoms with Gasteiger partial charge in [0.05, 0.1) is 11.2 Å². The first-order valence-corrected chi connectivity index (χ1v) is 6.28. The number of hydrogen-bond acceptors (Lipinski definition) is 5. The Kier molecular flexibility index (Phi) is 3.78. The van der Waals surface area contributed by atoms with E-state index in [9.17, 15) is 4.39 Å². The molecule has 0 aliphatic rings. The van der Waals surface area contributed by atoms with Crippen molar-refractivity contribution in [3.8, 4) is 0 Å². The lowest BCUT2D eigenvalue weighted by atomic mass is 10.1. The lowest BCUT2D eigenvalue weighted by Crippen LogP contribution is -1.95. The summed E-state index contributed by atoms with van der Waals surface area (Å²) in [6.45, 7) is 1.80. The van der Waals surface area contributed by atoms with Crippen molar-refractivity contribution in [3.05, 3.63) is 39.5 Å². The third kappa shape index (κ3) is 2.77. The molecule has 0 spiro atoms. The second-order valence-corrected chi connectivity index (χ2v) is 4.78. The van der Waals surface area contributed by atoms with Crippen LogP contribution in [0.4, 0.5) is 15.3 Å². The summed E-state index contributed by atoms with van der Waals surface area (Å²) >= 11 is 7.30. The Morgan fingerprint density at radius 1 is 1.56 bits per heavy atom. The average Bonchev–Trinajstić information content (AvgIpc) is 2.74. The number of aryl methyl sites for hydroxylation is 1. The number of nitrogens with zero attached hydrogens (tertiary/aromatic N) is 2. The van der Waals surface area contributed by atoms with Crippen LogP contribution in [0.3, 0.4) is 0 Å². The van der Waals surface area contributed by atoms with E-state index in [1.807, 2.05) is 0 Å². The van der Waals surface area contributed by atoms with E-state index in [0.29, 0.717) is 16.0 Å². The molecule has 0 unspecified atom stereocenters. The largest absolute Gasteiger partial charge is 0.383 e. The van der Waals surface area contributed by atoms with E-state index in [1.165, 1.54) is 23.6 Å². The molecule has 3 N–H and O–H groups in total. The topological polar surface area (TPSA) is 63.3 Å². The summed E-state index contributed by atoms with van der Waals surface area (Å²) in [4.78, 5) is 3.95. The van der Waals surface area contributed by atoms with Crippen molar-refractivity contribution in [1.82, 2.24) is 4.98 Å². The zero-order chi connectivity index (χ0) is 13.1. The van der Waals surface area contributed by atoms with Gasteiger partial charge >= 0.3 is 0 Å². The smallest absolute Gasteiger partial charge is 0.205 e. The molecule has 2 aromatic rings. The molecular formula is C11H10ClFN4S. The molecule has 0 bridgehead atoms. The van der Waals surface area contributed by atoms with Gasteiger partial charge < -0.3 is 5.73 Å². The third-order valence-corrected chi connectivity index (χ3v) is 3.46.